The van der Waals surface area contributed by atoms with Crippen LogP contribution in [0.2, 0.25) is 0 Å². The second-order valence-corrected chi connectivity index (χ2v) is 4.49. The van der Waals surface area contributed by atoms with E-state index in [1.807, 2.05) is 20.8 Å². The maximum absolute atomic E-state index is 13.5. The highest BCUT2D eigenvalue weighted by molar-refractivity contribution is 5.68. The van der Waals surface area contributed by atoms with Gasteiger partial charge in [-0.05, 0) is 5.41 Å². The smallest absolute Gasteiger partial charge is 0.411 e. The van der Waals surface area contributed by atoms with Crippen LogP contribution in [-0.2, 0) is 5.41 Å². The van der Waals surface area contributed by atoms with E-state index >= 15 is 0 Å². The van der Waals surface area contributed by atoms with Crippen LogP contribution in [-0.4, -0.2) is 18.2 Å². The molecule has 0 aliphatic heterocycles. The Labute approximate surface area is 98.7 Å². The summed E-state index contributed by atoms with van der Waals surface area (Å²) in [5.74, 6) is -0.652. The van der Waals surface area contributed by atoms with E-state index in [9.17, 15) is 9.18 Å². The molecule has 0 aromatic carbocycles. The molecule has 17 heavy (non-hydrogen) atoms. The maximum atomic E-state index is 13.5. The number of carbonyl (C=O) groups is 1. The molecule has 0 spiro atoms. The van der Waals surface area contributed by atoms with E-state index in [2.05, 4.69) is 4.98 Å². The van der Waals surface area contributed by atoms with Gasteiger partial charge in [-0.3, -0.25) is 0 Å². The van der Waals surface area contributed by atoms with Gasteiger partial charge in [-0.15, -0.1) is 0 Å². The predicted octanol–water partition coefficient (Wildman–Crippen LogP) is 1.98. The number of primary amides is 1. The van der Waals surface area contributed by atoms with Crippen LogP contribution in [0, 0.1) is 5.82 Å². The molecule has 94 valence electrons. The number of nitrogens with zero attached hydrogens (tertiary/aromatic N) is 1. The molecule has 1 rings (SSSR count). The molecule has 0 atom stereocenters. The highest BCUT2D eigenvalue weighted by Crippen LogP contribution is 2.38. The Morgan fingerprint density at radius 2 is 2.06 bits per heavy atom. The lowest BCUT2D eigenvalue weighted by atomic mass is 9.87. The fourth-order valence-electron chi connectivity index (χ4n) is 1.49. The van der Waals surface area contributed by atoms with E-state index in [0.717, 1.165) is 6.20 Å². The van der Waals surface area contributed by atoms with Gasteiger partial charge >= 0.3 is 6.09 Å². The zero-order valence-corrected chi connectivity index (χ0v) is 10.2. The Kier molecular flexibility index (Phi) is 3.55. The number of carbonyl (C=O) groups excluding carboxylic acids is 1. The summed E-state index contributed by atoms with van der Waals surface area (Å²) in [4.78, 5) is 14.5. The van der Waals surface area contributed by atoms with Gasteiger partial charge < -0.3 is 15.2 Å². The number of hydrogen-bond acceptors (Lipinski definition) is 4. The topological polar surface area (TPSA) is 74.4 Å². The molecular formula is C11H15FN2O3. The summed E-state index contributed by atoms with van der Waals surface area (Å²) in [6.45, 7) is 5.46. The molecule has 6 heteroatoms. The minimum atomic E-state index is -1.00. The summed E-state index contributed by atoms with van der Waals surface area (Å²) in [5, 5.41) is 0. The van der Waals surface area contributed by atoms with Gasteiger partial charge in [0, 0.05) is 0 Å². The monoisotopic (exact) mass is 242 g/mol. The van der Waals surface area contributed by atoms with E-state index in [0.29, 0.717) is 5.56 Å². The van der Waals surface area contributed by atoms with Crippen molar-refractivity contribution in [2.75, 3.05) is 7.11 Å². The standard InChI is InChI=1S/C11H15FN2O3/c1-11(2,3)7-8(16-4)6(12)5-14-9(7)17-10(13)15/h5H,1-4H3,(H2,13,15). The van der Waals surface area contributed by atoms with Gasteiger partial charge in [-0.1, -0.05) is 20.8 Å². The highest BCUT2D eigenvalue weighted by atomic mass is 19.1. The summed E-state index contributed by atoms with van der Waals surface area (Å²) in [6, 6.07) is 0. The molecule has 1 aromatic rings. The van der Waals surface area contributed by atoms with Gasteiger partial charge in [0.25, 0.3) is 0 Å². The second kappa shape index (κ2) is 4.57. The number of pyridine rings is 1. The van der Waals surface area contributed by atoms with Gasteiger partial charge in [-0.2, -0.15) is 0 Å². The number of rotatable bonds is 2. The lowest BCUT2D eigenvalue weighted by molar-refractivity contribution is 0.207. The van der Waals surface area contributed by atoms with Crippen molar-refractivity contribution in [3.8, 4) is 11.6 Å². The Balaban J connectivity index is 3.45. The first-order valence-electron chi connectivity index (χ1n) is 4.97. The number of aromatic nitrogens is 1. The van der Waals surface area contributed by atoms with E-state index < -0.39 is 17.3 Å². The SMILES string of the molecule is COc1c(F)cnc(OC(N)=O)c1C(C)(C)C. The number of halogens is 1. The summed E-state index contributed by atoms with van der Waals surface area (Å²) in [5.41, 5.74) is 4.78. The molecular weight excluding hydrogens is 227 g/mol. The Bertz CT molecular complexity index is 441. The average molecular weight is 242 g/mol. The third-order valence-electron chi connectivity index (χ3n) is 2.10. The van der Waals surface area contributed by atoms with Gasteiger partial charge in [0.2, 0.25) is 5.88 Å². The van der Waals surface area contributed by atoms with Crippen molar-refractivity contribution >= 4 is 6.09 Å². The van der Waals surface area contributed by atoms with Gasteiger partial charge in [-0.25, -0.2) is 14.2 Å². The number of ether oxygens (including phenoxy) is 2. The summed E-state index contributed by atoms with van der Waals surface area (Å²) < 4.78 is 23.3. The molecule has 0 bridgehead atoms. The van der Waals surface area contributed by atoms with Crippen molar-refractivity contribution in [2.24, 2.45) is 5.73 Å². The highest BCUT2D eigenvalue weighted by Gasteiger charge is 2.28. The van der Waals surface area contributed by atoms with E-state index in [1.165, 1.54) is 7.11 Å². The Morgan fingerprint density at radius 3 is 2.47 bits per heavy atom. The van der Waals surface area contributed by atoms with Crippen molar-refractivity contribution in [1.29, 1.82) is 0 Å². The van der Waals surface area contributed by atoms with Gasteiger partial charge in [0.05, 0.1) is 18.9 Å². The van der Waals surface area contributed by atoms with Crippen LogP contribution >= 0.6 is 0 Å². The van der Waals surface area contributed by atoms with Crippen LogP contribution in [0.5, 0.6) is 11.6 Å². The van der Waals surface area contributed by atoms with Crippen molar-refractivity contribution in [3.05, 3.63) is 17.6 Å². The lowest BCUT2D eigenvalue weighted by Gasteiger charge is -2.23. The van der Waals surface area contributed by atoms with Crippen LogP contribution in [0.25, 0.3) is 0 Å². The summed E-state index contributed by atoms with van der Waals surface area (Å²) in [6.07, 6.45) is -0.0801. The molecule has 0 aliphatic carbocycles. The minimum Gasteiger partial charge on any atom is -0.493 e. The predicted molar refractivity (Wildman–Crippen MR) is 59.7 cm³/mol. The molecule has 0 saturated carbocycles. The zero-order valence-electron chi connectivity index (χ0n) is 10.2. The number of methoxy groups -OCH3 is 1. The molecule has 2 N–H and O–H groups in total. The molecule has 1 heterocycles. The molecule has 0 radical (unpaired) electrons. The van der Waals surface area contributed by atoms with Crippen molar-refractivity contribution in [1.82, 2.24) is 4.98 Å². The molecule has 5 nitrogen and oxygen atoms in total. The minimum absolute atomic E-state index is 0.00347. The fraction of sp³-hybridized carbons (Fsp3) is 0.455. The fourth-order valence-corrected chi connectivity index (χ4v) is 1.49. The van der Waals surface area contributed by atoms with Gasteiger partial charge in [0.15, 0.2) is 11.6 Å². The summed E-state index contributed by atoms with van der Waals surface area (Å²) in [7, 11) is 1.34. The first-order valence-corrected chi connectivity index (χ1v) is 4.97. The maximum Gasteiger partial charge on any atom is 0.411 e. The van der Waals surface area contributed by atoms with Crippen molar-refractivity contribution in [3.63, 3.8) is 0 Å². The molecule has 0 saturated heterocycles. The molecule has 1 amide bonds. The average Bonchev–Trinajstić information content (AvgIpc) is 2.17. The van der Waals surface area contributed by atoms with E-state index in [-0.39, 0.29) is 11.6 Å². The molecule has 0 aliphatic rings. The van der Waals surface area contributed by atoms with Crippen molar-refractivity contribution < 1.29 is 18.7 Å². The summed E-state index contributed by atoms with van der Waals surface area (Å²) >= 11 is 0. The lowest BCUT2D eigenvalue weighted by Crippen LogP contribution is -2.22. The van der Waals surface area contributed by atoms with E-state index in [1.54, 1.807) is 0 Å². The van der Waals surface area contributed by atoms with Crippen molar-refractivity contribution in [2.45, 2.75) is 26.2 Å². The number of amides is 1. The number of hydrogen-bond donors (Lipinski definition) is 1. The normalized spacial score (nSPS) is 11.1. The van der Waals surface area contributed by atoms with Crippen LogP contribution in [0.1, 0.15) is 26.3 Å². The first kappa shape index (κ1) is 13.2. The van der Waals surface area contributed by atoms with Gasteiger partial charge in [0.1, 0.15) is 0 Å². The Hall–Kier alpha value is -1.85. The van der Waals surface area contributed by atoms with Crippen LogP contribution < -0.4 is 15.2 Å². The molecule has 0 unspecified atom stereocenters. The first-order chi connectivity index (χ1) is 7.77. The molecule has 0 fully saturated rings. The van der Waals surface area contributed by atoms with Crippen LogP contribution in [0.4, 0.5) is 9.18 Å². The van der Waals surface area contributed by atoms with Crippen LogP contribution in [0.3, 0.4) is 0 Å². The second-order valence-electron chi connectivity index (χ2n) is 4.49. The number of nitrogens with two attached hydrogens (primary N) is 1. The van der Waals surface area contributed by atoms with Crippen LogP contribution in [0.15, 0.2) is 6.20 Å². The third-order valence-corrected chi connectivity index (χ3v) is 2.10. The Morgan fingerprint density at radius 1 is 1.47 bits per heavy atom. The molecule has 1 aromatic heterocycles. The van der Waals surface area contributed by atoms with E-state index in [4.69, 9.17) is 15.2 Å². The quantitative estimate of drug-likeness (QED) is 0.860. The zero-order chi connectivity index (χ0) is 13.2. The third kappa shape index (κ3) is 2.83. The largest absolute Gasteiger partial charge is 0.493 e.